The SMILES string of the molecule is O=C(NCCCc1ccc(Cl)cc1)N1CCN(C(=O)c2ccccc2F)CC1. The van der Waals surface area contributed by atoms with E-state index in [1.54, 1.807) is 21.9 Å². The second kappa shape index (κ2) is 9.55. The lowest BCUT2D eigenvalue weighted by atomic mass is 10.1. The van der Waals surface area contributed by atoms with E-state index in [9.17, 15) is 14.0 Å². The number of hydrogen-bond acceptors (Lipinski definition) is 2. The lowest BCUT2D eigenvalue weighted by molar-refractivity contribution is 0.0660. The number of carbonyl (C=O) groups excluding carboxylic acids is 2. The number of nitrogens with one attached hydrogen (secondary N) is 1. The molecule has 1 fully saturated rings. The van der Waals surface area contributed by atoms with Crippen molar-refractivity contribution in [3.63, 3.8) is 0 Å². The molecular formula is C21H23ClFN3O2. The van der Waals surface area contributed by atoms with Gasteiger partial charge in [-0.2, -0.15) is 0 Å². The lowest BCUT2D eigenvalue weighted by Crippen LogP contribution is -2.53. The molecule has 0 aliphatic carbocycles. The van der Waals surface area contributed by atoms with E-state index in [1.165, 1.54) is 17.7 Å². The molecule has 5 nitrogen and oxygen atoms in total. The third-order valence-electron chi connectivity index (χ3n) is 4.79. The zero-order valence-electron chi connectivity index (χ0n) is 15.5. The van der Waals surface area contributed by atoms with E-state index >= 15 is 0 Å². The highest BCUT2D eigenvalue weighted by Crippen LogP contribution is 2.13. The molecule has 0 bridgehead atoms. The zero-order chi connectivity index (χ0) is 19.9. The lowest BCUT2D eigenvalue weighted by Gasteiger charge is -2.34. The second-order valence-corrected chi connectivity index (χ2v) is 7.16. The van der Waals surface area contributed by atoms with Gasteiger partial charge in [-0.05, 0) is 42.7 Å². The van der Waals surface area contributed by atoms with Crippen LogP contribution in [0.3, 0.4) is 0 Å². The van der Waals surface area contributed by atoms with Crippen LogP contribution in [0.2, 0.25) is 5.02 Å². The predicted octanol–water partition coefficient (Wildman–Crippen LogP) is 3.58. The number of benzene rings is 2. The standard InChI is InChI=1S/C21H23ClFN3O2/c22-17-9-7-16(8-10-17)4-3-11-24-21(28)26-14-12-25(13-15-26)20(27)18-5-1-2-6-19(18)23/h1-2,5-10H,3-4,11-15H2,(H,24,28). The Kier molecular flexibility index (Phi) is 6.87. The molecule has 148 valence electrons. The number of urea groups is 1. The summed E-state index contributed by atoms with van der Waals surface area (Å²) in [6, 6.07) is 13.5. The van der Waals surface area contributed by atoms with Crippen LogP contribution in [0.5, 0.6) is 0 Å². The number of piperazine rings is 1. The number of aryl methyl sites for hydroxylation is 1. The summed E-state index contributed by atoms with van der Waals surface area (Å²) >= 11 is 5.87. The molecule has 7 heteroatoms. The third kappa shape index (κ3) is 5.23. The minimum absolute atomic E-state index is 0.0719. The van der Waals surface area contributed by atoms with Gasteiger partial charge in [0.15, 0.2) is 0 Å². The van der Waals surface area contributed by atoms with E-state index in [1.807, 2.05) is 24.3 Å². The number of nitrogens with zero attached hydrogens (tertiary/aromatic N) is 2. The highest BCUT2D eigenvalue weighted by molar-refractivity contribution is 6.30. The summed E-state index contributed by atoms with van der Waals surface area (Å²) in [5.41, 5.74) is 1.25. The van der Waals surface area contributed by atoms with Gasteiger partial charge in [0.05, 0.1) is 5.56 Å². The molecule has 0 radical (unpaired) electrons. The van der Waals surface area contributed by atoms with Gasteiger partial charge in [-0.3, -0.25) is 4.79 Å². The van der Waals surface area contributed by atoms with Crippen LogP contribution >= 0.6 is 11.6 Å². The quantitative estimate of drug-likeness (QED) is 0.776. The van der Waals surface area contributed by atoms with Crippen molar-refractivity contribution in [1.82, 2.24) is 15.1 Å². The van der Waals surface area contributed by atoms with Crippen molar-refractivity contribution in [3.05, 3.63) is 70.5 Å². The molecule has 1 N–H and O–H groups in total. The Bertz CT molecular complexity index is 821. The summed E-state index contributed by atoms with van der Waals surface area (Å²) in [7, 11) is 0. The van der Waals surface area contributed by atoms with Gasteiger partial charge in [0.2, 0.25) is 0 Å². The van der Waals surface area contributed by atoms with Crippen molar-refractivity contribution >= 4 is 23.5 Å². The van der Waals surface area contributed by atoms with Crippen molar-refractivity contribution < 1.29 is 14.0 Å². The number of rotatable bonds is 5. The van der Waals surface area contributed by atoms with Gasteiger partial charge in [-0.15, -0.1) is 0 Å². The summed E-state index contributed by atoms with van der Waals surface area (Å²) in [5, 5.41) is 3.63. The van der Waals surface area contributed by atoms with Gasteiger partial charge in [0, 0.05) is 37.7 Å². The van der Waals surface area contributed by atoms with Gasteiger partial charge >= 0.3 is 6.03 Å². The highest BCUT2D eigenvalue weighted by Gasteiger charge is 2.25. The third-order valence-corrected chi connectivity index (χ3v) is 5.04. The largest absolute Gasteiger partial charge is 0.338 e. The maximum atomic E-state index is 13.8. The minimum atomic E-state index is -0.520. The minimum Gasteiger partial charge on any atom is -0.338 e. The summed E-state index contributed by atoms with van der Waals surface area (Å²) in [6.45, 7) is 2.24. The molecular weight excluding hydrogens is 381 g/mol. The summed E-state index contributed by atoms with van der Waals surface area (Å²) in [4.78, 5) is 28.0. The Hall–Kier alpha value is -2.60. The molecule has 0 spiro atoms. The summed E-state index contributed by atoms with van der Waals surface area (Å²) in [6.07, 6.45) is 1.70. The number of hydrogen-bond donors (Lipinski definition) is 1. The molecule has 2 aromatic carbocycles. The van der Waals surface area contributed by atoms with Gasteiger partial charge in [-0.1, -0.05) is 35.9 Å². The van der Waals surface area contributed by atoms with Crippen LogP contribution in [-0.4, -0.2) is 54.5 Å². The Balaban J connectivity index is 1.39. The fourth-order valence-electron chi connectivity index (χ4n) is 3.17. The molecule has 1 aliphatic rings. The van der Waals surface area contributed by atoms with Crippen molar-refractivity contribution in [2.75, 3.05) is 32.7 Å². The predicted molar refractivity (Wildman–Crippen MR) is 107 cm³/mol. The topological polar surface area (TPSA) is 52.7 Å². The van der Waals surface area contributed by atoms with E-state index in [2.05, 4.69) is 5.32 Å². The Morgan fingerprint density at radius 2 is 1.61 bits per heavy atom. The highest BCUT2D eigenvalue weighted by atomic mass is 35.5. The van der Waals surface area contributed by atoms with E-state index in [4.69, 9.17) is 11.6 Å². The van der Waals surface area contributed by atoms with Gasteiger partial charge < -0.3 is 15.1 Å². The fourth-order valence-corrected chi connectivity index (χ4v) is 3.29. The van der Waals surface area contributed by atoms with Crippen LogP contribution in [-0.2, 0) is 6.42 Å². The Morgan fingerprint density at radius 1 is 0.964 bits per heavy atom. The van der Waals surface area contributed by atoms with E-state index in [0.29, 0.717) is 37.7 Å². The van der Waals surface area contributed by atoms with Crippen LogP contribution in [0.25, 0.3) is 0 Å². The molecule has 0 aromatic heterocycles. The van der Waals surface area contributed by atoms with Gasteiger partial charge in [0.1, 0.15) is 5.82 Å². The van der Waals surface area contributed by atoms with E-state index < -0.39 is 5.82 Å². The first kappa shape index (κ1) is 20.1. The van der Waals surface area contributed by atoms with E-state index in [-0.39, 0.29) is 17.5 Å². The molecule has 1 aliphatic heterocycles. The van der Waals surface area contributed by atoms with E-state index in [0.717, 1.165) is 12.8 Å². The van der Waals surface area contributed by atoms with Crippen LogP contribution < -0.4 is 5.32 Å². The molecule has 28 heavy (non-hydrogen) atoms. The molecule has 1 heterocycles. The molecule has 0 unspecified atom stereocenters. The summed E-state index contributed by atoms with van der Waals surface area (Å²) < 4.78 is 13.8. The number of halogens is 2. The molecule has 1 saturated heterocycles. The average molecular weight is 404 g/mol. The second-order valence-electron chi connectivity index (χ2n) is 6.72. The van der Waals surface area contributed by atoms with Crippen LogP contribution in [0.1, 0.15) is 22.3 Å². The Labute approximate surface area is 169 Å². The maximum absolute atomic E-state index is 13.8. The van der Waals surface area contributed by atoms with Gasteiger partial charge in [-0.25, -0.2) is 9.18 Å². The van der Waals surface area contributed by atoms with Crippen molar-refractivity contribution in [1.29, 1.82) is 0 Å². The first-order valence-corrected chi connectivity index (χ1v) is 9.73. The number of carbonyl (C=O) groups is 2. The fraction of sp³-hybridized carbons (Fsp3) is 0.333. The number of amides is 3. The molecule has 2 aromatic rings. The monoisotopic (exact) mass is 403 g/mol. The average Bonchev–Trinajstić information content (AvgIpc) is 2.72. The van der Waals surface area contributed by atoms with Crippen LogP contribution in [0.15, 0.2) is 48.5 Å². The van der Waals surface area contributed by atoms with Crippen molar-refractivity contribution in [2.45, 2.75) is 12.8 Å². The molecule has 3 amide bonds. The first-order valence-electron chi connectivity index (χ1n) is 9.35. The summed E-state index contributed by atoms with van der Waals surface area (Å²) in [5.74, 6) is -0.852. The van der Waals surface area contributed by atoms with Crippen molar-refractivity contribution in [3.8, 4) is 0 Å². The zero-order valence-corrected chi connectivity index (χ0v) is 16.3. The normalized spacial score (nSPS) is 14.1. The van der Waals surface area contributed by atoms with Crippen LogP contribution in [0.4, 0.5) is 9.18 Å². The molecule has 3 rings (SSSR count). The van der Waals surface area contributed by atoms with Crippen molar-refractivity contribution in [2.24, 2.45) is 0 Å². The molecule has 0 saturated carbocycles. The van der Waals surface area contributed by atoms with Gasteiger partial charge in [0.25, 0.3) is 5.91 Å². The van der Waals surface area contributed by atoms with Crippen LogP contribution in [0, 0.1) is 5.82 Å². The Morgan fingerprint density at radius 3 is 2.29 bits per heavy atom. The maximum Gasteiger partial charge on any atom is 0.317 e. The smallest absolute Gasteiger partial charge is 0.317 e. The first-order chi connectivity index (χ1) is 13.5. The molecule has 0 atom stereocenters.